The van der Waals surface area contributed by atoms with Crippen LogP contribution in [0.4, 0.5) is 0 Å². The van der Waals surface area contributed by atoms with Crippen molar-refractivity contribution in [3.05, 3.63) is 59.4 Å². The van der Waals surface area contributed by atoms with Crippen molar-refractivity contribution in [1.29, 1.82) is 0 Å². The molecule has 0 N–H and O–H groups in total. The molecule has 0 saturated carbocycles. The van der Waals surface area contributed by atoms with Gasteiger partial charge in [-0.25, -0.2) is 0 Å². The molecule has 25 heavy (non-hydrogen) atoms. The van der Waals surface area contributed by atoms with Crippen LogP contribution in [0.25, 0.3) is 11.3 Å². The number of hydrogen-bond acceptors (Lipinski definition) is 4. The van der Waals surface area contributed by atoms with Crippen LogP contribution in [0.2, 0.25) is 0 Å². The number of furan rings is 1. The Hall–Kier alpha value is -2.89. The van der Waals surface area contributed by atoms with E-state index >= 15 is 0 Å². The van der Waals surface area contributed by atoms with E-state index in [-0.39, 0.29) is 11.9 Å². The molecule has 1 aliphatic heterocycles. The van der Waals surface area contributed by atoms with E-state index < -0.39 is 0 Å². The third-order valence-corrected chi connectivity index (χ3v) is 4.60. The fraction of sp³-hybridized carbons (Fsp3) is 0.316. The van der Waals surface area contributed by atoms with Crippen molar-refractivity contribution in [1.82, 2.24) is 19.7 Å². The smallest absolute Gasteiger partial charge is 0.258 e. The number of fused-ring (bicyclic) bond motifs is 1. The van der Waals surface area contributed by atoms with Gasteiger partial charge in [-0.1, -0.05) is 30.3 Å². The van der Waals surface area contributed by atoms with Crippen molar-refractivity contribution in [2.45, 2.75) is 33.4 Å². The zero-order valence-electron chi connectivity index (χ0n) is 14.6. The number of amides is 1. The first kappa shape index (κ1) is 15.6. The Morgan fingerprint density at radius 2 is 1.96 bits per heavy atom. The van der Waals surface area contributed by atoms with Gasteiger partial charge >= 0.3 is 0 Å². The predicted molar refractivity (Wildman–Crippen MR) is 93.1 cm³/mol. The highest BCUT2D eigenvalue weighted by molar-refractivity contribution is 5.99. The SMILES string of the molecule is Cc1cc(C(=O)N2Cc3nnc(C)n3[C@@H](C)C2)c(-c2ccccc2)o1. The summed E-state index contributed by atoms with van der Waals surface area (Å²) in [5.41, 5.74) is 1.50. The third kappa shape index (κ3) is 2.63. The van der Waals surface area contributed by atoms with E-state index in [1.54, 1.807) is 0 Å². The molecule has 1 amide bonds. The Balaban J connectivity index is 1.69. The monoisotopic (exact) mass is 336 g/mol. The van der Waals surface area contributed by atoms with Gasteiger partial charge in [0.25, 0.3) is 5.91 Å². The maximum atomic E-state index is 13.2. The van der Waals surface area contributed by atoms with Crippen LogP contribution in [0.15, 0.2) is 40.8 Å². The zero-order chi connectivity index (χ0) is 17.6. The van der Waals surface area contributed by atoms with E-state index in [4.69, 9.17) is 4.42 Å². The summed E-state index contributed by atoms with van der Waals surface area (Å²) in [6, 6.07) is 11.7. The highest BCUT2D eigenvalue weighted by Gasteiger charge is 2.31. The summed E-state index contributed by atoms with van der Waals surface area (Å²) < 4.78 is 7.93. The van der Waals surface area contributed by atoms with Crippen LogP contribution >= 0.6 is 0 Å². The van der Waals surface area contributed by atoms with Crippen LogP contribution in [-0.2, 0) is 6.54 Å². The third-order valence-electron chi connectivity index (χ3n) is 4.60. The van der Waals surface area contributed by atoms with Crippen LogP contribution in [0.1, 0.15) is 40.7 Å². The molecule has 128 valence electrons. The highest BCUT2D eigenvalue weighted by atomic mass is 16.3. The van der Waals surface area contributed by atoms with Gasteiger partial charge in [0.15, 0.2) is 5.82 Å². The van der Waals surface area contributed by atoms with Crippen molar-refractivity contribution in [2.24, 2.45) is 0 Å². The Bertz CT molecular complexity index is 926. The number of aryl methyl sites for hydroxylation is 2. The van der Waals surface area contributed by atoms with Gasteiger partial charge in [-0.2, -0.15) is 0 Å². The van der Waals surface area contributed by atoms with Crippen molar-refractivity contribution in [3.63, 3.8) is 0 Å². The summed E-state index contributed by atoms with van der Waals surface area (Å²) in [4.78, 5) is 15.0. The molecular formula is C19H20N4O2. The van der Waals surface area contributed by atoms with Gasteiger partial charge in [0.1, 0.15) is 17.3 Å². The molecule has 3 heterocycles. The van der Waals surface area contributed by atoms with E-state index in [1.807, 2.05) is 55.1 Å². The van der Waals surface area contributed by atoms with E-state index in [1.165, 1.54) is 0 Å². The first-order valence-electron chi connectivity index (χ1n) is 8.40. The maximum Gasteiger partial charge on any atom is 0.258 e. The molecule has 0 radical (unpaired) electrons. The summed E-state index contributed by atoms with van der Waals surface area (Å²) >= 11 is 0. The van der Waals surface area contributed by atoms with Crippen molar-refractivity contribution >= 4 is 5.91 Å². The molecule has 1 aromatic carbocycles. The number of benzene rings is 1. The summed E-state index contributed by atoms with van der Waals surface area (Å²) in [5, 5.41) is 8.36. The largest absolute Gasteiger partial charge is 0.461 e. The van der Waals surface area contributed by atoms with Gasteiger partial charge in [0.05, 0.1) is 18.2 Å². The number of carbonyl (C=O) groups is 1. The zero-order valence-corrected chi connectivity index (χ0v) is 14.6. The molecule has 3 aromatic rings. The molecule has 4 rings (SSSR count). The number of hydrogen-bond donors (Lipinski definition) is 0. The van der Waals surface area contributed by atoms with E-state index in [0.717, 1.165) is 23.0 Å². The number of rotatable bonds is 2. The van der Waals surface area contributed by atoms with Crippen LogP contribution in [0.3, 0.4) is 0 Å². The van der Waals surface area contributed by atoms with E-state index in [9.17, 15) is 4.79 Å². The van der Waals surface area contributed by atoms with Gasteiger partial charge in [-0.05, 0) is 26.8 Å². The molecule has 0 spiro atoms. The topological polar surface area (TPSA) is 64.2 Å². The molecule has 0 aliphatic carbocycles. The Morgan fingerprint density at radius 3 is 2.72 bits per heavy atom. The van der Waals surface area contributed by atoms with E-state index in [2.05, 4.69) is 21.7 Å². The number of carbonyl (C=O) groups excluding carboxylic acids is 1. The lowest BCUT2D eigenvalue weighted by Gasteiger charge is -2.32. The molecule has 1 aliphatic rings. The van der Waals surface area contributed by atoms with Gasteiger partial charge in [-0.15, -0.1) is 10.2 Å². The van der Waals surface area contributed by atoms with Crippen LogP contribution in [-0.4, -0.2) is 32.1 Å². The van der Waals surface area contributed by atoms with Crippen molar-refractivity contribution in [2.75, 3.05) is 6.54 Å². The average molecular weight is 336 g/mol. The minimum Gasteiger partial charge on any atom is -0.461 e. The molecule has 0 saturated heterocycles. The molecule has 0 fully saturated rings. The van der Waals surface area contributed by atoms with Gasteiger partial charge in [0.2, 0.25) is 0 Å². The quantitative estimate of drug-likeness (QED) is 0.720. The van der Waals surface area contributed by atoms with Gasteiger partial charge in [0, 0.05) is 12.1 Å². The molecule has 1 atom stereocenters. The van der Waals surface area contributed by atoms with Gasteiger partial charge < -0.3 is 13.9 Å². The maximum absolute atomic E-state index is 13.2. The first-order valence-corrected chi connectivity index (χ1v) is 8.40. The van der Waals surface area contributed by atoms with Crippen molar-refractivity contribution < 1.29 is 9.21 Å². The van der Waals surface area contributed by atoms with Crippen LogP contribution < -0.4 is 0 Å². The molecule has 0 bridgehead atoms. The summed E-state index contributed by atoms with van der Waals surface area (Å²) in [6.07, 6.45) is 0. The lowest BCUT2D eigenvalue weighted by molar-refractivity contribution is 0.0680. The molecule has 6 nitrogen and oxygen atoms in total. The molecule has 2 aromatic heterocycles. The highest BCUT2D eigenvalue weighted by Crippen LogP contribution is 2.30. The number of nitrogens with zero attached hydrogens (tertiary/aromatic N) is 4. The first-order chi connectivity index (χ1) is 12.0. The molecule has 0 unspecified atom stereocenters. The second-order valence-electron chi connectivity index (χ2n) is 6.53. The Labute approximate surface area is 146 Å². The summed E-state index contributed by atoms with van der Waals surface area (Å²) in [7, 11) is 0. The molecule has 6 heteroatoms. The van der Waals surface area contributed by atoms with E-state index in [0.29, 0.717) is 24.4 Å². The Kier molecular flexibility index (Phi) is 3.67. The second kappa shape index (κ2) is 5.88. The minimum atomic E-state index is -0.0329. The van der Waals surface area contributed by atoms with Crippen molar-refractivity contribution in [3.8, 4) is 11.3 Å². The lowest BCUT2D eigenvalue weighted by Crippen LogP contribution is -2.40. The minimum absolute atomic E-state index is 0.0329. The molecular weight excluding hydrogens is 316 g/mol. The summed E-state index contributed by atoms with van der Waals surface area (Å²) in [6.45, 7) is 6.98. The second-order valence-corrected chi connectivity index (χ2v) is 6.53. The standard InChI is InChI=1S/C19H20N4O2/c1-12-10-22(11-17-21-20-14(3)23(12)17)19(24)16-9-13(2)25-18(16)15-7-5-4-6-8-15/h4-9,12H,10-11H2,1-3H3/t12-/m0/s1. The predicted octanol–water partition coefficient (Wildman–Crippen LogP) is 3.37. The fourth-order valence-electron chi connectivity index (χ4n) is 3.53. The Morgan fingerprint density at radius 1 is 1.20 bits per heavy atom. The normalized spacial score (nSPS) is 16.8. The fourth-order valence-corrected chi connectivity index (χ4v) is 3.53. The van der Waals surface area contributed by atoms with Gasteiger partial charge in [-0.3, -0.25) is 4.79 Å². The lowest BCUT2D eigenvalue weighted by atomic mass is 10.1. The van der Waals surface area contributed by atoms with Crippen LogP contribution in [0, 0.1) is 13.8 Å². The summed E-state index contributed by atoms with van der Waals surface area (Å²) in [5.74, 6) is 3.03. The van der Waals surface area contributed by atoms with Crippen LogP contribution in [0.5, 0.6) is 0 Å². The number of aromatic nitrogens is 3. The average Bonchev–Trinajstić information content (AvgIpc) is 3.18.